The molecule has 6 unspecified atom stereocenters. The van der Waals surface area contributed by atoms with Gasteiger partial charge in [-0.1, -0.05) is 15.9 Å². The van der Waals surface area contributed by atoms with Gasteiger partial charge in [0.05, 0.1) is 15.7 Å². The summed E-state index contributed by atoms with van der Waals surface area (Å²) < 4.78 is 15.5. The van der Waals surface area contributed by atoms with Gasteiger partial charge in [0.2, 0.25) is 0 Å². The summed E-state index contributed by atoms with van der Waals surface area (Å²) in [6.45, 7) is 9.13. The van der Waals surface area contributed by atoms with E-state index in [0.717, 1.165) is 13.0 Å². The Balaban J connectivity index is 1.48. The van der Waals surface area contributed by atoms with E-state index in [2.05, 4.69) is 43.7 Å². The average Bonchev–Trinajstić information content (AvgIpc) is 3.12. The first-order chi connectivity index (χ1) is 10.8. The van der Waals surface area contributed by atoms with Gasteiger partial charge in [0.25, 0.3) is 0 Å². The predicted octanol–water partition coefficient (Wildman–Crippen LogP) is 1.90. The topological polar surface area (TPSA) is 65.2 Å². The normalized spacial score (nSPS) is 38.2. The lowest BCUT2D eigenvalue weighted by Crippen LogP contribution is -2.46. The number of alkyl halides is 1. The molecular formula is C16H29BrN4OS. The summed E-state index contributed by atoms with van der Waals surface area (Å²) in [5.74, 6) is 1.38. The number of halogens is 1. The summed E-state index contributed by atoms with van der Waals surface area (Å²) in [6.07, 6.45) is 3.61. The molecule has 2 aliphatic carbocycles. The molecule has 0 aromatic heterocycles. The van der Waals surface area contributed by atoms with Crippen LogP contribution in [0.1, 0.15) is 47.0 Å². The van der Waals surface area contributed by atoms with Crippen molar-refractivity contribution in [1.29, 1.82) is 0 Å². The molecule has 0 spiro atoms. The summed E-state index contributed by atoms with van der Waals surface area (Å²) in [5, 5.41) is 3.73. The van der Waals surface area contributed by atoms with Gasteiger partial charge in [-0.25, -0.2) is 14.4 Å². The van der Waals surface area contributed by atoms with Crippen molar-refractivity contribution in [2.24, 2.45) is 11.8 Å². The van der Waals surface area contributed by atoms with E-state index in [9.17, 15) is 4.21 Å². The molecule has 0 aromatic carbocycles. The van der Waals surface area contributed by atoms with Crippen LogP contribution in [0.5, 0.6) is 0 Å². The van der Waals surface area contributed by atoms with Crippen LogP contribution in [0.4, 0.5) is 0 Å². The number of fused-ring (bicyclic) bond motifs is 2. The molecule has 3 rings (SSSR count). The second-order valence-corrected chi connectivity index (χ2v) is 11.0. The first-order valence-electron chi connectivity index (χ1n) is 8.52. The highest BCUT2D eigenvalue weighted by Crippen LogP contribution is 2.45. The fraction of sp³-hybridized carbons (Fsp3) is 0.875. The highest BCUT2D eigenvalue weighted by Gasteiger charge is 2.46. The number of rotatable bonds is 5. The van der Waals surface area contributed by atoms with E-state index in [1.807, 2.05) is 20.8 Å². The molecule has 7 heteroatoms. The molecule has 0 radical (unpaired) electrons. The van der Waals surface area contributed by atoms with Crippen LogP contribution in [0.2, 0.25) is 0 Å². The zero-order valence-corrected chi connectivity index (χ0v) is 16.8. The van der Waals surface area contributed by atoms with E-state index >= 15 is 0 Å². The smallest absolute Gasteiger partial charge is 0.104 e. The molecule has 23 heavy (non-hydrogen) atoms. The van der Waals surface area contributed by atoms with Crippen LogP contribution in [0.15, 0.2) is 11.3 Å². The van der Waals surface area contributed by atoms with Crippen molar-refractivity contribution in [2.75, 3.05) is 6.54 Å². The minimum atomic E-state index is -0.956. The van der Waals surface area contributed by atoms with Crippen LogP contribution in [-0.2, 0) is 11.0 Å². The predicted molar refractivity (Wildman–Crippen MR) is 99.1 cm³/mol. The Bertz CT molecular complexity index is 519. The molecule has 132 valence electrons. The molecule has 3 aliphatic rings. The Kier molecular flexibility index (Phi) is 5.24. The quantitative estimate of drug-likeness (QED) is 0.417. The fourth-order valence-electron chi connectivity index (χ4n) is 3.91. The molecule has 2 saturated carbocycles. The zero-order valence-electron chi connectivity index (χ0n) is 14.4. The van der Waals surface area contributed by atoms with Crippen molar-refractivity contribution in [3.05, 3.63) is 11.3 Å². The van der Waals surface area contributed by atoms with Crippen LogP contribution < -0.4 is 20.9 Å². The van der Waals surface area contributed by atoms with Gasteiger partial charge < -0.3 is 10.7 Å². The van der Waals surface area contributed by atoms with Crippen molar-refractivity contribution < 1.29 is 4.21 Å². The van der Waals surface area contributed by atoms with E-state index in [-0.39, 0.29) is 9.70 Å². The zero-order chi connectivity index (χ0) is 16.8. The maximum absolute atomic E-state index is 12.3. The largest absolute Gasteiger partial charge is 0.323 e. The summed E-state index contributed by atoms with van der Waals surface area (Å²) in [4.78, 5) is 0.236. The lowest BCUT2D eigenvalue weighted by molar-refractivity contribution is 0.318. The highest BCUT2D eigenvalue weighted by molar-refractivity contribution is 9.09. The Labute approximate surface area is 150 Å². The molecule has 0 saturated heterocycles. The summed E-state index contributed by atoms with van der Waals surface area (Å²) in [5.41, 5.74) is 8.99. The molecular weight excluding hydrogens is 376 g/mol. The monoisotopic (exact) mass is 404 g/mol. The molecule has 0 aromatic rings. The second kappa shape index (κ2) is 6.75. The minimum Gasteiger partial charge on any atom is -0.323 e. The molecule has 6 atom stereocenters. The van der Waals surface area contributed by atoms with Crippen LogP contribution in [0.3, 0.4) is 0 Å². The fourth-order valence-corrected chi connectivity index (χ4v) is 5.22. The maximum atomic E-state index is 12.3. The average molecular weight is 405 g/mol. The SMILES string of the molecule is CC1=C(CNC2CC3CC2CC3NS(=O)C(C)(C)C)NNC1Br. The van der Waals surface area contributed by atoms with Gasteiger partial charge in [0.1, 0.15) is 4.95 Å². The summed E-state index contributed by atoms with van der Waals surface area (Å²) >= 11 is 3.58. The van der Waals surface area contributed by atoms with E-state index in [1.54, 1.807) is 0 Å². The lowest BCUT2D eigenvalue weighted by Gasteiger charge is -2.31. The van der Waals surface area contributed by atoms with Gasteiger partial charge in [-0.15, -0.1) is 0 Å². The Morgan fingerprint density at radius 1 is 1.22 bits per heavy atom. The van der Waals surface area contributed by atoms with Gasteiger partial charge >= 0.3 is 0 Å². The van der Waals surface area contributed by atoms with Gasteiger partial charge in [0, 0.05) is 24.3 Å². The molecule has 2 bridgehead atoms. The van der Waals surface area contributed by atoms with Crippen molar-refractivity contribution >= 4 is 26.9 Å². The minimum absolute atomic E-state index is 0.184. The van der Waals surface area contributed by atoms with Crippen molar-refractivity contribution in [3.63, 3.8) is 0 Å². The Morgan fingerprint density at radius 2 is 1.87 bits per heavy atom. The number of hydrazine groups is 1. The summed E-state index contributed by atoms with van der Waals surface area (Å²) in [7, 11) is -0.956. The van der Waals surface area contributed by atoms with E-state index in [4.69, 9.17) is 0 Å². The van der Waals surface area contributed by atoms with Crippen LogP contribution >= 0.6 is 15.9 Å². The van der Waals surface area contributed by atoms with Crippen molar-refractivity contribution in [3.8, 4) is 0 Å². The third-order valence-electron chi connectivity index (χ3n) is 5.42. The van der Waals surface area contributed by atoms with Crippen LogP contribution in [-0.4, -0.2) is 32.5 Å². The number of hydrogen-bond donors (Lipinski definition) is 4. The standard InChI is InChI=1S/C16H29BrN4OS/c1-9-14(19-20-15(9)17)8-18-12-6-11-5-10(12)7-13(11)21-23(22)16(2,3)4/h10-13,15,18-21H,5-8H2,1-4H3. The van der Waals surface area contributed by atoms with E-state index in [1.165, 1.54) is 24.1 Å². The molecule has 4 N–H and O–H groups in total. The summed E-state index contributed by atoms with van der Waals surface area (Å²) in [6, 6.07) is 1.02. The molecule has 0 amide bonds. The van der Waals surface area contributed by atoms with Crippen LogP contribution in [0, 0.1) is 11.8 Å². The number of nitrogens with one attached hydrogen (secondary N) is 4. The van der Waals surface area contributed by atoms with Crippen molar-refractivity contribution in [1.82, 2.24) is 20.9 Å². The third kappa shape index (κ3) is 3.84. The van der Waals surface area contributed by atoms with Crippen molar-refractivity contribution in [2.45, 2.75) is 68.7 Å². The van der Waals surface area contributed by atoms with E-state index in [0.29, 0.717) is 23.9 Å². The first kappa shape index (κ1) is 17.9. The van der Waals surface area contributed by atoms with Gasteiger partial charge in [-0.2, -0.15) is 0 Å². The highest BCUT2D eigenvalue weighted by atomic mass is 79.9. The van der Waals surface area contributed by atoms with Gasteiger partial charge in [-0.3, -0.25) is 0 Å². The molecule has 5 nitrogen and oxygen atoms in total. The first-order valence-corrected chi connectivity index (χ1v) is 10.6. The molecule has 1 heterocycles. The second-order valence-electron chi connectivity index (χ2n) is 8.11. The van der Waals surface area contributed by atoms with Gasteiger partial charge in [0.15, 0.2) is 0 Å². The Morgan fingerprint density at radius 3 is 2.39 bits per heavy atom. The lowest BCUT2D eigenvalue weighted by atomic mass is 9.92. The van der Waals surface area contributed by atoms with Crippen LogP contribution in [0.25, 0.3) is 0 Å². The number of hydrogen-bond acceptors (Lipinski definition) is 4. The van der Waals surface area contributed by atoms with Gasteiger partial charge in [-0.05, 0) is 64.4 Å². The van der Waals surface area contributed by atoms with E-state index < -0.39 is 11.0 Å². The molecule has 2 fully saturated rings. The third-order valence-corrected chi connectivity index (χ3v) is 7.96. The Hall–Kier alpha value is 0.0500. The maximum Gasteiger partial charge on any atom is 0.104 e. The molecule has 1 aliphatic heterocycles.